The van der Waals surface area contributed by atoms with Crippen LogP contribution in [0.2, 0.25) is 0 Å². The first kappa shape index (κ1) is 38.3. The lowest BCUT2D eigenvalue weighted by atomic mass is 10.0. The van der Waals surface area contributed by atoms with Gasteiger partial charge in [0.1, 0.15) is 19.3 Å². The number of unbranched alkanes of at least 4 members (excludes halogenated alkanes) is 15. The van der Waals surface area contributed by atoms with Crippen molar-refractivity contribution in [1.29, 1.82) is 0 Å². The first-order valence-corrected chi connectivity index (χ1v) is 17.0. The van der Waals surface area contributed by atoms with Crippen LogP contribution in [-0.4, -0.2) is 94.6 Å². The molecule has 0 aliphatic carbocycles. The number of nitrogens with zero attached hydrogens (tertiary/aromatic N) is 2. The molecule has 234 valence electrons. The van der Waals surface area contributed by atoms with Crippen molar-refractivity contribution >= 4 is 13.9 Å². The molecule has 0 aliphatic heterocycles. The molecule has 39 heavy (non-hydrogen) atoms. The number of amides is 1. The number of hydrogen-bond acceptors (Lipinski definition) is 6. The van der Waals surface area contributed by atoms with Crippen molar-refractivity contribution in [3.05, 3.63) is 0 Å². The Hall–Kier alpha value is -0.700. The highest BCUT2D eigenvalue weighted by Gasteiger charge is 2.26. The van der Waals surface area contributed by atoms with Crippen molar-refractivity contribution in [2.75, 3.05) is 68.1 Å². The summed E-state index contributed by atoms with van der Waals surface area (Å²) in [6.45, 7) is 3.99. The zero-order valence-electron chi connectivity index (χ0n) is 26.3. The average molecular weight is 581 g/mol. The number of alkyl carbamates (subject to hydrolysis) is 1. The van der Waals surface area contributed by atoms with Crippen LogP contribution in [0, 0.1) is 0 Å². The molecule has 9 nitrogen and oxygen atoms in total. The second-order valence-electron chi connectivity index (χ2n) is 12.0. The lowest BCUT2D eigenvalue weighted by Gasteiger charge is -2.26. The first-order chi connectivity index (χ1) is 18.5. The van der Waals surface area contributed by atoms with E-state index < -0.39 is 20.0 Å². The van der Waals surface area contributed by atoms with E-state index in [1.807, 2.05) is 28.2 Å². The van der Waals surface area contributed by atoms with E-state index in [1.165, 1.54) is 103 Å². The highest BCUT2D eigenvalue weighted by Crippen LogP contribution is 2.43. The maximum Gasteiger partial charge on any atom is 0.472 e. The van der Waals surface area contributed by atoms with Gasteiger partial charge in [0, 0.05) is 13.6 Å². The number of phosphoric ester groups is 1. The monoisotopic (exact) mass is 580 g/mol. The molecular formula is C29H63N3O6P+. The summed E-state index contributed by atoms with van der Waals surface area (Å²) in [5, 5.41) is 2.42. The fourth-order valence-corrected chi connectivity index (χ4v) is 5.09. The molecule has 1 amide bonds. The van der Waals surface area contributed by atoms with Gasteiger partial charge >= 0.3 is 13.9 Å². The van der Waals surface area contributed by atoms with E-state index in [4.69, 9.17) is 13.8 Å². The third-order valence-corrected chi connectivity index (χ3v) is 7.81. The smallest absolute Gasteiger partial charge is 0.442 e. The van der Waals surface area contributed by atoms with Gasteiger partial charge in [0.2, 0.25) is 0 Å². The van der Waals surface area contributed by atoms with Crippen LogP contribution in [0.25, 0.3) is 0 Å². The highest BCUT2D eigenvalue weighted by atomic mass is 31.2. The third kappa shape index (κ3) is 27.2. The maximum absolute atomic E-state index is 12.2. The van der Waals surface area contributed by atoms with Gasteiger partial charge in [-0.3, -0.25) is 9.05 Å². The number of quaternary nitrogens is 1. The van der Waals surface area contributed by atoms with Crippen molar-refractivity contribution in [2.24, 2.45) is 0 Å². The SMILES string of the molecule is CCCCCCCCCCCCCCCCCCN(C)CC(COP(=O)(O)OCC[N+](C)(C)C)OC(=O)NC. The zero-order valence-corrected chi connectivity index (χ0v) is 27.2. The second-order valence-corrected chi connectivity index (χ2v) is 13.4. The lowest BCUT2D eigenvalue weighted by Crippen LogP contribution is -2.38. The van der Waals surface area contributed by atoms with Crippen molar-refractivity contribution in [3.63, 3.8) is 0 Å². The number of ether oxygens (including phenoxy) is 1. The molecule has 0 saturated heterocycles. The van der Waals surface area contributed by atoms with E-state index in [9.17, 15) is 14.3 Å². The molecule has 2 N–H and O–H groups in total. The Morgan fingerprint density at radius 3 is 1.74 bits per heavy atom. The summed E-state index contributed by atoms with van der Waals surface area (Å²) in [4.78, 5) is 23.8. The molecule has 2 atom stereocenters. The largest absolute Gasteiger partial charge is 0.472 e. The van der Waals surface area contributed by atoms with Gasteiger partial charge in [0.25, 0.3) is 0 Å². The first-order valence-electron chi connectivity index (χ1n) is 15.5. The molecule has 10 heteroatoms. The molecule has 0 heterocycles. The van der Waals surface area contributed by atoms with Crippen LogP contribution < -0.4 is 5.32 Å². The molecule has 0 aromatic carbocycles. The van der Waals surface area contributed by atoms with Gasteiger partial charge in [0.15, 0.2) is 0 Å². The minimum atomic E-state index is -4.22. The van der Waals surface area contributed by atoms with Crippen molar-refractivity contribution < 1.29 is 32.5 Å². The molecule has 0 aromatic heterocycles. The van der Waals surface area contributed by atoms with Gasteiger partial charge in [-0.05, 0) is 20.0 Å². The summed E-state index contributed by atoms with van der Waals surface area (Å²) >= 11 is 0. The molecule has 0 spiro atoms. The van der Waals surface area contributed by atoms with Gasteiger partial charge in [-0.15, -0.1) is 0 Å². The summed E-state index contributed by atoms with van der Waals surface area (Å²) in [5.41, 5.74) is 0. The topological polar surface area (TPSA) is 97.3 Å². The van der Waals surface area contributed by atoms with Gasteiger partial charge < -0.3 is 24.3 Å². The molecule has 0 radical (unpaired) electrons. The Labute approximate surface area is 240 Å². The van der Waals surface area contributed by atoms with E-state index in [0.717, 1.165) is 13.0 Å². The van der Waals surface area contributed by atoms with Crippen LogP contribution in [0.3, 0.4) is 0 Å². The molecule has 0 aromatic rings. The molecule has 0 rings (SSSR count). The minimum Gasteiger partial charge on any atom is -0.442 e. The molecule has 0 aliphatic rings. The van der Waals surface area contributed by atoms with E-state index in [1.54, 1.807) is 0 Å². The van der Waals surface area contributed by atoms with E-state index >= 15 is 0 Å². The summed E-state index contributed by atoms with van der Waals surface area (Å²) in [5.74, 6) is 0. The van der Waals surface area contributed by atoms with Crippen molar-refractivity contribution in [1.82, 2.24) is 10.2 Å². The highest BCUT2D eigenvalue weighted by molar-refractivity contribution is 7.47. The predicted octanol–water partition coefficient (Wildman–Crippen LogP) is 6.74. The fraction of sp³-hybridized carbons (Fsp3) is 0.966. The van der Waals surface area contributed by atoms with Crippen molar-refractivity contribution in [2.45, 2.75) is 116 Å². The van der Waals surface area contributed by atoms with E-state index in [0.29, 0.717) is 17.6 Å². The van der Waals surface area contributed by atoms with Gasteiger partial charge in [-0.2, -0.15) is 0 Å². The zero-order chi connectivity index (χ0) is 29.4. The normalized spacial score (nSPS) is 14.4. The van der Waals surface area contributed by atoms with Gasteiger partial charge in [-0.1, -0.05) is 103 Å². The number of hydrogen-bond donors (Lipinski definition) is 2. The van der Waals surface area contributed by atoms with E-state index in [-0.39, 0.29) is 13.2 Å². The van der Waals surface area contributed by atoms with Crippen LogP contribution in [0.15, 0.2) is 0 Å². The van der Waals surface area contributed by atoms with Crippen molar-refractivity contribution in [3.8, 4) is 0 Å². The quantitative estimate of drug-likeness (QED) is 0.0631. The predicted molar refractivity (Wildman–Crippen MR) is 161 cm³/mol. The standard InChI is InChI=1S/C29H62N3O6P/c1-7-8-9-10-11-12-13-14-15-16-17-18-19-20-21-22-23-31(3)26-28(38-29(33)30-2)27-37-39(34,35)36-25-24-32(4,5)6/h28H,7-27H2,1-6H3,(H-,30,33,34,35)/p+1. The summed E-state index contributed by atoms with van der Waals surface area (Å²) in [6, 6.07) is 0. The lowest BCUT2D eigenvalue weighted by molar-refractivity contribution is -0.870. The summed E-state index contributed by atoms with van der Waals surface area (Å²) < 4.78 is 28.4. The number of likely N-dealkylation sites (N-methyl/N-ethyl adjacent to an activating group) is 2. The molecule has 0 saturated carbocycles. The fourth-order valence-electron chi connectivity index (χ4n) is 4.35. The Bertz CT molecular complexity index is 633. The van der Waals surface area contributed by atoms with Gasteiger partial charge in [-0.25, -0.2) is 9.36 Å². The van der Waals surface area contributed by atoms with Gasteiger partial charge in [0.05, 0.1) is 27.7 Å². The summed E-state index contributed by atoms with van der Waals surface area (Å²) in [6.07, 6.45) is 20.1. The minimum absolute atomic E-state index is 0.0946. The second kappa shape index (κ2) is 24.0. The van der Waals surface area contributed by atoms with E-state index in [2.05, 4.69) is 17.1 Å². The number of carbonyl (C=O) groups excluding carboxylic acids is 1. The Morgan fingerprint density at radius 1 is 0.846 bits per heavy atom. The van der Waals surface area contributed by atoms with Crippen LogP contribution in [0.5, 0.6) is 0 Å². The maximum atomic E-state index is 12.2. The molecular weight excluding hydrogens is 517 g/mol. The van der Waals surface area contributed by atoms with Crippen LogP contribution >= 0.6 is 7.82 Å². The molecule has 2 unspecified atom stereocenters. The molecule has 0 bridgehead atoms. The van der Waals surface area contributed by atoms with Crippen LogP contribution in [-0.2, 0) is 18.3 Å². The van der Waals surface area contributed by atoms with Crippen LogP contribution in [0.4, 0.5) is 4.79 Å². The third-order valence-electron chi connectivity index (χ3n) is 6.83. The number of rotatable bonds is 27. The Kier molecular flexibility index (Phi) is 23.5. The molecule has 0 fully saturated rings. The van der Waals surface area contributed by atoms with Crippen LogP contribution in [0.1, 0.15) is 110 Å². The number of phosphoric acid groups is 1. The average Bonchev–Trinajstić information content (AvgIpc) is 2.86. The number of carbonyl (C=O) groups is 1. The summed E-state index contributed by atoms with van der Waals surface area (Å²) in [7, 11) is 5.12. The number of nitrogens with one attached hydrogen (secondary N) is 1. The Morgan fingerprint density at radius 2 is 1.31 bits per heavy atom. The Balaban J connectivity index is 3.96.